The molecule has 0 saturated carbocycles. The van der Waals surface area contributed by atoms with Gasteiger partial charge in [0.1, 0.15) is 0 Å². The first-order valence-electron chi connectivity index (χ1n) is 5.94. The highest BCUT2D eigenvalue weighted by atomic mass is 35.5. The van der Waals surface area contributed by atoms with Gasteiger partial charge in [-0.25, -0.2) is 0 Å². The highest BCUT2D eigenvalue weighted by Crippen LogP contribution is 2.11. The predicted octanol–water partition coefficient (Wildman–Crippen LogP) is 2.37. The Labute approximate surface area is 114 Å². The van der Waals surface area contributed by atoms with E-state index in [1.807, 2.05) is 28.8 Å². The van der Waals surface area contributed by atoms with Crippen LogP contribution in [0.15, 0.2) is 18.6 Å². The maximum absolute atomic E-state index is 4.35. The van der Waals surface area contributed by atoms with Crippen LogP contribution in [0.2, 0.25) is 0 Å². The smallest absolute Gasteiger partial charge is 0.151 e. The third-order valence-corrected chi connectivity index (χ3v) is 2.61. The van der Waals surface area contributed by atoms with E-state index < -0.39 is 0 Å². The predicted molar refractivity (Wildman–Crippen MR) is 75.0 cm³/mol. The molecule has 0 saturated heterocycles. The highest BCUT2D eigenvalue weighted by molar-refractivity contribution is 5.85. The van der Waals surface area contributed by atoms with Crippen LogP contribution in [0.1, 0.15) is 24.5 Å². The Morgan fingerprint density at radius 1 is 1.33 bits per heavy atom. The molecule has 0 bridgehead atoms. The number of halogens is 1. The van der Waals surface area contributed by atoms with Gasteiger partial charge in [0.15, 0.2) is 5.82 Å². The molecule has 0 fully saturated rings. The molecular weight excluding hydrogens is 250 g/mol. The summed E-state index contributed by atoms with van der Waals surface area (Å²) >= 11 is 0. The van der Waals surface area contributed by atoms with E-state index in [2.05, 4.69) is 35.6 Å². The van der Waals surface area contributed by atoms with Gasteiger partial charge >= 0.3 is 0 Å². The van der Waals surface area contributed by atoms with Gasteiger partial charge in [0.2, 0.25) is 0 Å². The third kappa shape index (κ3) is 3.50. The molecule has 2 aromatic heterocycles. The van der Waals surface area contributed by atoms with Crippen molar-refractivity contribution in [1.82, 2.24) is 19.6 Å². The van der Waals surface area contributed by atoms with Gasteiger partial charge in [0.05, 0.1) is 6.20 Å². The molecule has 5 nitrogen and oxygen atoms in total. The fraction of sp³-hybridized carbons (Fsp3) is 0.500. The number of aryl methyl sites for hydroxylation is 3. The summed E-state index contributed by atoms with van der Waals surface area (Å²) < 4.78 is 3.79. The molecule has 18 heavy (non-hydrogen) atoms. The zero-order valence-electron chi connectivity index (χ0n) is 11.1. The summed E-state index contributed by atoms with van der Waals surface area (Å²) in [5.41, 5.74) is 2.34. The van der Waals surface area contributed by atoms with Crippen LogP contribution < -0.4 is 5.32 Å². The first-order chi connectivity index (χ1) is 8.19. The van der Waals surface area contributed by atoms with Crippen molar-refractivity contribution in [3.05, 3.63) is 29.7 Å². The van der Waals surface area contributed by atoms with Crippen LogP contribution in [0, 0.1) is 6.92 Å². The maximum atomic E-state index is 4.35. The Hall–Kier alpha value is -1.49. The van der Waals surface area contributed by atoms with Gasteiger partial charge in [-0.15, -0.1) is 12.4 Å². The van der Waals surface area contributed by atoms with E-state index in [-0.39, 0.29) is 12.4 Å². The topological polar surface area (TPSA) is 47.7 Å². The molecule has 0 aromatic carbocycles. The Kier molecular flexibility index (Phi) is 5.22. The van der Waals surface area contributed by atoms with E-state index in [9.17, 15) is 0 Å². The average molecular weight is 270 g/mol. The molecule has 1 N–H and O–H groups in total. The van der Waals surface area contributed by atoms with Gasteiger partial charge in [-0.05, 0) is 13.3 Å². The molecule has 0 radical (unpaired) electrons. The van der Waals surface area contributed by atoms with Crippen molar-refractivity contribution in [2.24, 2.45) is 7.05 Å². The molecule has 0 aliphatic heterocycles. The van der Waals surface area contributed by atoms with Gasteiger partial charge in [0, 0.05) is 43.7 Å². The van der Waals surface area contributed by atoms with Crippen LogP contribution >= 0.6 is 12.4 Å². The molecule has 2 heterocycles. The van der Waals surface area contributed by atoms with Crippen molar-refractivity contribution in [2.75, 3.05) is 5.32 Å². The number of nitrogens with one attached hydrogen (secondary N) is 1. The molecule has 2 rings (SSSR count). The molecule has 0 amide bonds. The first-order valence-corrected chi connectivity index (χ1v) is 5.94. The second kappa shape index (κ2) is 6.44. The summed E-state index contributed by atoms with van der Waals surface area (Å²) in [6.45, 7) is 5.94. The van der Waals surface area contributed by atoms with E-state index in [0.29, 0.717) is 0 Å². The summed E-state index contributed by atoms with van der Waals surface area (Å²) in [4.78, 5) is 0. The Bertz CT molecular complexity index is 488. The molecule has 2 aromatic rings. The summed E-state index contributed by atoms with van der Waals surface area (Å²) in [6.07, 6.45) is 7.09. The van der Waals surface area contributed by atoms with Crippen LogP contribution in [0.3, 0.4) is 0 Å². The Balaban J connectivity index is 0.00000162. The lowest BCUT2D eigenvalue weighted by molar-refractivity contribution is 0.602. The van der Waals surface area contributed by atoms with Crippen molar-refractivity contribution in [3.63, 3.8) is 0 Å². The second-order valence-corrected chi connectivity index (χ2v) is 4.30. The van der Waals surface area contributed by atoms with Crippen molar-refractivity contribution in [2.45, 2.75) is 33.4 Å². The van der Waals surface area contributed by atoms with E-state index in [4.69, 9.17) is 0 Å². The van der Waals surface area contributed by atoms with Crippen LogP contribution in [0.5, 0.6) is 0 Å². The van der Waals surface area contributed by atoms with Crippen LogP contribution in [0.4, 0.5) is 5.82 Å². The van der Waals surface area contributed by atoms with Gasteiger partial charge in [0.25, 0.3) is 0 Å². The van der Waals surface area contributed by atoms with Crippen molar-refractivity contribution in [3.8, 4) is 0 Å². The SMILES string of the molecule is CCCn1cc(CNc2nn(C)cc2C)cn1.Cl. The molecule has 0 aliphatic carbocycles. The lowest BCUT2D eigenvalue weighted by Crippen LogP contribution is -2.01. The van der Waals surface area contributed by atoms with Crippen molar-refractivity contribution < 1.29 is 0 Å². The number of aromatic nitrogens is 4. The van der Waals surface area contributed by atoms with Crippen LogP contribution in [0.25, 0.3) is 0 Å². The normalized spacial score (nSPS) is 10.2. The number of anilines is 1. The van der Waals surface area contributed by atoms with Crippen LogP contribution in [-0.2, 0) is 20.1 Å². The molecule has 0 aliphatic rings. The lowest BCUT2D eigenvalue weighted by atomic mass is 10.3. The first kappa shape index (κ1) is 14.6. The molecule has 100 valence electrons. The third-order valence-electron chi connectivity index (χ3n) is 2.61. The minimum atomic E-state index is 0. The Morgan fingerprint density at radius 2 is 2.11 bits per heavy atom. The van der Waals surface area contributed by atoms with E-state index in [0.717, 1.165) is 30.9 Å². The molecule has 6 heteroatoms. The second-order valence-electron chi connectivity index (χ2n) is 4.30. The largest absolute Gasteiger partial charge is 0.364 e. The van der Waals surface area contributed by atoms with E-state index in [1.165, 1.54) is 5.56 Å². The average Bonchev–Trinajstić information content (AvgIpc) is 2.83. The summed E-state index contributed by atoms with van der Waals surface area (Å²) in [5, 5.41) is 12.0. The summed E-state index contributed by atoms with van der Waals surface area (Å²) in [7, 11) is 1.93. The summed E-state index contributed by atoms with van der Waals surface area (Å²) in [6, 6.07) is 0. The van der Waals surface area contributed by atoms with Crippen LogP contribution in [-0.4, -0.2) is 19.6 Å². The number of rotatable bonds is 5. The molecular formula is C12H20ClN5. The van der Waals surface area contributed by atoms with Gasteiger partial charge in [-0.1, -0.05) is 6.92 Å². The minimum Gasteiger partial charge on any atom is -0.364 e. The standard InChI is InChI=1S/C12H19N5.ClH/c1-4-5-17-9-11(7-14-17)6-13-12-10(2)8-16(3)15-12;/h7-9H,4-6H2,1-3H3,(H,13,15);1H. The number of hydrogen-bond donors (Lipinski definition) is 1. The van der Waals surface area contributed by atoms with Crippen molar-refractivity contribution in [1.29, 1.82) is 0 Å². The fourth-order valence-electron chi connectivity index (χ4n) is 1.82. The van der Waals surface area contributed by atoms with Gasteiger partial charge in [-0.2, -0.15) is 10.2 Å². The number of hydrogen-bond acceptors (Lipinski definition) is 3. The summed E-state index contributed by atoms with van der Waals surface area (Å²) in [5.74, 6) is 0.941. The van der Waals surface area contributed by atoms with E-state index >= 15 is 0 Å². The molecule has 0 atom stereocenters. The van der Waals surface area contributed by atoms with E-state index in [1.54, 1.807) is 0 Å². The quantitative estimate of drug-likeness (QED) is 0.907. The molecule has 0 spiro atoms. The van der Waals surface area contributed by atoms with Gasteiger partial charge < -0.3 is 5.32 Å². The zero-order valence-corrected chi connectivity index (χ0v) is 11.9. The van der Waals surface area contributed by atoms with Gasteiger partial charge in [-0.3, -0.25) is 9.36 Å². The maximum Gasteiger partial charge on any atom is 0.151 e. The Morgan fingerprint density at radius 3 is 2.72 bits per heavy atom. The zero-order chi connectivity index (χ0) is 12.3. The van der Waals surface area contributed by atoms with Crippen molar-refractivity contribution >= 4 is 18.2 Å². The molecule has 0 unspecified atom stereocenters. The number of nitrogens with zero attached hydrogens (tertiary/aromatic N) is 4. The fourth-order valence-corrected chi connectivity index (χ4v) is 1.82. The monoisotopic (exact) mass is 269 g/mol. The minimum absolute atomic E-state index is 0. The highest BCUT2D eigenvalue weighted by Gasteiger charge is 2.03. The lowest BCUT2D eigenvalue weighted by Gasteiger charge is -2.01.